The van der Waals surface area contributed by atoms with Gasteiger partial charge in [-0.2, -0.15) is 0 Å². The zero-order valence-electron chi connectivity index (χ0n) is 12.4. The second kappa shape index (κ2) is 9.23. The molecule has 2 aromatic rings. The van der Waals surface area contributed by atoms with Crippen molar-refractivity contribution >= 4 is 17.4 Å². The van der Waals surface area contributed by atoms with E-state index in [1.54, 1.807) is 11.3 Å². The first-order valence-corrected chi connectivity index (χ1v) is 8.27. The van der Waals surface area contributed by atoms with Crippen LogP contribution in [0.2, 0.25) is 0 Å². The van der Waals surface area contributed by atoms with Crippen molar-refractivity contribution in [3.8, 4) is 0 Å². The summed E-state index contributed by atoms with van der Waals surface area (Å²) in [7, 11) is 0. The van der Waals surface area contributed by atoms with Gasteiger partial charge in [-0.1, -0.05) is 36.4 Å². The van der Waals surface area contributed by atoms with E-state index in [1.165, 1.54) is 4.88 Å². The van der Waals surface area contributed by atoms with Crippen molar-refractivity contribution < 1.29 is 14.6 Å². The van der Waals surface area contributed by atoms with Crippen LogP contribution in [0.15, 0.2) is 47.8 Å². The van der Waals surface area contributed by atoms with E-state index in [2.05, 4.69) is 16.8 Å². The molecule has 1 heterocycles. The Labute approximate surface area is 134 Å². The van der Waals surface area contributed by atoms with Crippen LogP contribution in [0.4, 0.5) is 4.79 Å². The molecule has 1 aromatic heterocycles. The maximum atomic E-state index is 11.5. The first-order valence-electron chi connectivity index (χ1n) is 7.39. The Morgan fingerprint density at radius 3 is 2.77 bits per heavy atom. The highest BCUT2D eigenvalue weighted by molar-refractivity contribution is 7.09. The predicted octanol–water partition coefficient (Wildman–Crippen LogP) is 3.36. The number of rotatable bonds is 8. The number of nitrogens with one attached hydrogen (secondary N) is 1. The molecule has 1 aromatic carbocycles. The van der Waals surface area contributed by atoms with Gasteiger partial charge in [0.1, 0.15) is 6.61 Å². The van der Waals surface area contributed by atoms with Crippen LogP contribution < -0.4 is 5.32 Å². The summed E-state index contributed by atoms with van der Waals surface area (Å²) in [6, 6.07) is 13.6. The van der Waals surface area contributed by atoms with Crippen LogP contribution in [-0.2, 0) is 17.8 Å². The lowest BCUT2D eigenvalue weighted by atomic mass is 10.1. The van der Waals surface area contributed by atoms with Crippen molar-refractivity contribution in [3.05, 3.63) is 58.3 Å². The van der Waals surface area contributed by atoms with Gasteiger partial charge in [0.2, 0.25) is 0 Å². The number of aliphatic hydroxyl groups excluding tert-OH is 1. The number of alkyl carbamates (subject to hydrolysis) is 1. The molecule has 0 aliphatic heterocycles. The lowest BCUT2D eigenvalue weighted by Gasteiger charge is -2.12. The van der Waals surface area contributed by atoms with E-state index < -0.39 is 12.2 Å². The molecule has 0 spiro atoms. The molecule has 0 saturated heterocycles. The fraction of sp³-hybridized carbons (Fsp3) is 0.353. The molecule has 0 aliphatic rings. The van der Waals surface area contributed by atoms with E-state index in [-0.39, 0.29) is 13.2 Å². The molecule has 22 heavy (non-hydrogen) atoms. The molecule has 0 aliphatic carbocycles. The molecule has 0 unspecified atom stereocenters. The van der Waals surface area contributed by atoms with E-state index in [9.17, 15) is 9.90 Å². The third kappa shape index (κ3) is 6.28. The van der Waals surface area contributed by atoms with Crippen LogP contribution in [-0.4, -0.2) is 23.8 Å². The Bertz CT molecular complexity index is 542. The molecule has 2 N–H and O–H groups in total. The van der Waals surface area contributed by atoms with Crippen molar-refractivity contribution in [2.45, 2.75) is 32.0 Å². The van der Waals surface area contributed by atoms with E-state index in [4.69, 9.17) is 4.74 Å². The number of benzene rings is 1. The molecule has 1 atom stereocenters. The summed E-state index contributed by atoms with van der Waals surface area (Å²) in [4.78, 5) is 12.9. The molecule has 1 amide bonds. The summed E-state index contributed by atoms with van der Waals surface area (Å²) in [5.74, 6) is 0. The quantitative estimate of drug-likeness (QED) is 0.784. The smallest absolute Gasteiger partial charge is 0.407 e. The minimum absolute atomic E-state index is 0.220. The van der Waals surface area contributed by atoms with Gasteiger partial charge in [-0.3, -0.25) is 0 Å². The monoisotopic (exact) mass is 319 g/mol. The van der Waals surface area contributed by atoms with Crippen LogP contribution in [0.1, 0.15) is 23.3 Å². The average Bonchev–Trinajstić information content (AvgIpc) is 3.05. The van der Waals surface area contributed by atoms with Gasteiger partial charge in [0.25, 0.3) is 0 Å². The molecule has 0 saturated carbocycles. The molecular formula is C17H21NO3S. The van der Waals surface area contributed by atoms with Gasteiger partial charge in [0.05, 0.1) is 6.10 Å². The third-order valence-electron chi connectivity index (χ3n) is 3.24. The summed E-state index contributed by atoms with van der Waals surface area (Å²) in [6.07, 6.45) is 1.50. The fourth-order valence-electron chi connectivity index (χ4n) is 2.04. The Morgan fingerprint density at radius 2 is 2.05 bits per heavy atom. The first kappa shape index (κ1) is 16.5. The maximum Gasteiger partial charge on any atom is 0.407 e. The normalized spacial score (nSPS) is 11.9. The number of hydrogen-bond donors (Lipinski definition) is 2. The lowest BCUT2D eigenvalue weighted by Crippen LogP contribution is -2.32. The zero-order valence-corrected chi connectivity index (χ0v) is 13.2. The minimum Gasteiger partial charge on any atom is -0.445 e. The second-order valence-corrected chi connectivity index (χ2v) is 6.10. The largest absolute Gasteiger partial charge is 0.445 e. The Balaban J connectivity index is 1.55. The Hall–Kier alpha value is -1.85. The highest BCUT2D eigenvalue weighted by atomic mass is 32.1. The highest BCUT2D eigenvalue weighted by Crippen LogP contribution is 2.12. The van der Waals surface area contributed by atoms with E-state index >= 15 is 0 Å². The van der Waals surface area contributed by atoms with Gasteiger partial charge in [0.15, 0.2) is 0 Å². The Kier molecular flexibility index (Phi) is 6.93. The fourth-order valence-corrected chi connectivity index (χ4v) is 2.80. The number of carbonyl (C=O) groups is 1. The summed E-state index contributed by atoms with van der Waals surface area (Å²) in [5, 5.41) is 14.5. The number of ether oxygens (including phenoxy) is 1. The van der Waals surface area contributed by atoms with Crippen molar-refractivity contribution in [1.82, 2.24) is 5.32 Å². The molecule has 0 fully saturated rings. The van der Waals surface area contributed by atoms with E-state index in [0.717, 1.165) is 18.4 Å². The molecule has 0 radical (unpaired) electrons. The average molecular weight is 319 g/mol. The van der Waals surface area contributed by atoms with Crippen LogP contribution in [0, 0.1) is 0 Å². The van der Waals surface area contributed by atoms with Gasteiger partial charge in [-0.25, -0.2) is 4.79 Å². The minimum atomic E-state index is -0.538. The maximum absolute atomic E-state index is 11.5. The van der Waals surface area contributed by atoms with Crippen LogP contribution in [0.25, 0.3) is 0 Å². The molecule has 0 bridgehead atoms. The van der Waals surface area contributed by atoms with Crippen LogP contribution in [0.3, 0.4) is 0 Å². The van der Waals surface area contributed by atoms with E-state index in [0.29, 0.717) is 6.42 Å². The Morgan fingerprint density at radius 1 is 1.23 bits per heavy atom. The molecular weight excluding hydrogens is 298 g/mol. The highest BCUT2D eigenvalue weighted by Gasteiger charge is 2.08. The van der Waals surface area contributed by atoms with Crippen LogP contribution in [0.5, 0.6) is 0 Å². The molecule has 2 rings (SSSR count). The number of aliphatic hydroxyl groups is 1. The molecule has 5 heteroatoms. The summed E-state index contributed by atoms with van der Waals surface area (Å²) < 4.78 is 5.08. The van der Waals surface area contributed by atoms with Gasteiger partial charge >= 0.3 is 6.09 Å². The number of thiophene rings is 1. The van der Waals surface area contributed by atoms with Crippen LogP contribution >= 0.6 is 11.3 Å². The third-order valence-corrected chi connectivity index (χ3v) is 4.17. The molecule has 118 valence electrons. The van der Waals surface area contributed by atoms with Gasteiger partial charge < -0.3 is 15.2 Å². The topological polar surface area (TPSA) is 58.6 Å². The zero-order chi connectivity index (χ0) is 15.6. The van der Waals surface area contributed by atoms with Gasteiger partial charge in [-0.15, -0.1) is 11.3 Å². The van der Waals surface area contributed by atoms with Crippen molar-refractivity contribution in [1.29, 1.82) is 0 Å². The number of carbonyl (C=O) groups excluding carboxylic acids is 1. The predicted molar refractivity (Wildman–Crippen MR) is 87.9 cm³/mol. The van der Waals surface area contributed by atoms with Crippen molar-refractivity contribution in [2.24, 2.45) is 0 Å². The number of amides is 1. The van der Waals surface area contributed by atoms with Crippen molar-refractivity contribution in [2.75, 3.05) is 6.54 Å². The summed E-state index contributed by atoms with van der Waals surface area (Å²) in [6.45, 7) is 0.458. The lowest BCUT2D eigenvalue weighted by molar-refractivity contribution is 0.122. The van der Waals surface area contributed by atoms with E-state index in [1.807, 2.05) is 36.4 Å². The SMILES string of the molecule is O=C(NC[C@H](O)CCCc1cccs1)OCc1ccccc1. The second-order valence-electron chi connectivity index (χ2n) is 5.07. The van der Waals surface area contributed by atoms with Gasteiger partial charge in [0, 0.05) is 11.4 Å². The van der Waals surface area contributed by atoms with Crippen molar-refractivity contribution in [3.63, 3.8) is 0 Å². The summed E-state index contributed by atoms with van der Waals surface area (Å²) >= 11 is 1.73. The number of aryl methyl sites for hydroxylation is 1. The van der Waals surface area contributed by atoms with Gasteiger partial charge in [-0.05, 0) is 36.3 Å². The first-order chi connectivity index (χ1) is 10.7. The molecule has 4 nitrogen and oxygen atoms in total. The standard InChI is InChI=1S/C17H21NO3S/c19-15(8-4-9-16-10-5-11-22-16)12-18-17(20)21-13-14-6-2-1-3-7-14/h1-3,5-7,10-11,15,19H,4,8-9,12-13H2,(H,18,20)/t15-/m1/s1. The number of hydrogen-bond acceptors (Lipinski definition) is 4. The summed E-state index contributed by atoms with van der Waals surface area (Å²) in [5.41, 5.74) is 0.939.